The Hall–Kier alpha value is -6.08. The van der Waals surface area contributed by atoms with Crippen molar-refractivity contribution in [3.63, 3.8) is 0 Å². The third kappa shape index (κ3) is 4.96. The van der Waals surface area contributed by atoms with Crippen LogP contribution in [-0.2, 0) is 5.41 Å². The van der Waals surface area contributed by atoms with Gasteiger partial charge >= 0.3 is 6.98 Å². The molecule has 7 heteroatoms. The summed E-state index contributed by atoms with van der Waals surface area (Å²) in [5, 5.41) is 2.35. The Kier molecular flexibility index (Phi) is 7.66. The number of nitrogens with zero attached hydrogens (tertiary/aromatic N) is 5. The zero-order chi connectivity index (χ0) is 38.6. The lowest BCUT2D eigenvalue weighted by Gasteiger charge is -2.46. The normalized spacial score (nSPS) is 14.1. The summed E-state index contributed by atoms with van der Waals surface area (Å²) in [7, 11) is 0. The molecule has 0 atom stereocenters. The molecule has 3 aromatic heterocycles. The molecule has 0 aliphatic carbocycles. The highest BCUT2D eigenvalue weighted by molar-refractivity contribution is 6.78. The van der Waals surface area contributed by atoms with Gasteiger partial charge in [-0.25, -0.2) is 9.97 Å². The first-order chi connectivity index (χ1) is 27.0. The molecule has 276 valence electrons. The van der Waals surface area contributed by atoms with Crippen LogP contribution in [0.25, 0.3) is 39.0 Å². The Labute approximate surface area is 329 Å². The summed E-state index contributed by atoms with van der Waals surface area (Å²) in [5.41, 5.74) is 14.4. The summed E-state index contributed by atoms with van der Waals surface area (Å²) >= 11 is 0. The Morgan fingerprint density at radius 3 is 2.12 bits per heavy atom. The van der Waals surface area contributed by atoms with Crippen molar-refractivity contribution in [3.05, 3.63) is 155 Å². The van der Waals surface area contributed by atoms with Crippen LogP contribution in [0.15, 0.2) is 122 Å². The predicted molar refractivity (Wildman–Crippen MR) is 232 cm³/mol. The Bertz CT molecular complexity index is 2850. The van der Waals surface area contributed by atoms with Crippen LogP contribution < -0.4 is 15.0 Å². The van der Waals surface area contributed by atoms with Gasteiger partial charge in [0, 0.05) is 57.3 Å². The topological polar surface area (TPSA) is 48.1 Å². The fourth-order valence-corrected chi connectivity index (χ4v) is 9.35. The number of benzene rings is 5. The van der Waals surface area contributed by atoms with Crippen LogP contribution in [0.5, 0.6) is 11.5 Å². The van der Waals surface area contributed by atoms with Crippen molar-refractivity contribution in [1.29, 1.82) is 0 Å². The van der Waals surface area contributed by atoms with Gasteiger partial charge in [-0.05, 0) is 101 Å². The van der Waals surface area contributed by atoms with Crippen LogP contribution in [-0.4, -0.2) is 26.0 Å². The summed E-state index contributed by atoms with van der Waals surface area (Å²) < 4.78 is 11.6. The van der Waals surface area contributed by atoms with Gasteiger partial charge in [0.15, 0.2) is 0 Å². The van der Waals surface area contributed by atoms with Crippen LogP contribution in [0.2, 0.25) is 0 Å². The van der Waals surface area contributed by atoms with Crippen molar-refractivity contribution in [2.45, 2.75) is 72.6 Å². The first kappa shape index (κ1) is 34.4. The van der Waals surface area contributed by atoms with Gasteiger partial charge in [-0.3, -0.25) is 4.57 Å². The molecule has 0 saturated heterocycles. The summed E-state index contributed by atoms with van der Waals surface area (Å²) in [6, 6.07) is 39.5. The van der Waals surface area contributed by atoms with Gasteiger partial charge in [0.05, 0.1) is 11.0 Å². The van der Waals surface area contributed by atoms with Crippen LogP contribution in [0.3, 0.4) is 0 Å². The Balaban J connectivity index is 1.16. The Morgan fingerprint density at radius 1 is 0.661 bits per heavy atom. The maximum Gasteiger partial charge on any atom is 0.422 e. The smallest absolute Gasteiger partial charge is 0.422 e. The van der Waals surface area contributed by atoms with E-state index >= 15 is 0 Å². The fraction of sp³-hybridized carbons (Fsp3) is 0.224. The molecular formula is C49H46BN5O. The number of hydrogen-bond acceptors (Lipinski definition) is 4. The zero-order valence-corrected chi connectivity index (χ0v) is 33.4. The van der Waals surface area contributed by atoms with Gasteiger partial charge in [0.1, 0.15) is 23.1 Å². The second-order valence-electron chi connectivity index (χ2n) is 16.8. The lowest BCUT2D eigenvalue weighted by molar-refractivity contribution is 0.483. The lowest BCUT2D eigenvalue weighted by Crippen LogP contribution is -2.60. The zero-order valence-electron chi connectivity index (χ0n) is 33.4. The highest BCUT2D eigenvalue weighted by atomic mass is 16.5. The minimum absolute atomic E-state index is 0.0910. The summed E-state index contributed by atoms with van der Waals surface area (Å²) in [6.45, 7) is 18.0. The first-order valence-electron chi connectivity index (χ1n) is 19.9. The fourth-order valence-electron chi connectivity index (χ4n) is 9.35. The molecule has 5 heterocycles. The molecule has 2 aliphatic rings. The van der Waals surface area contributed by atoms with E-state index in [1.807, 2.05) is 6.20 Å². The van der Waals surface area contributed by atoms with Crippen molar-refractivity contribution >= 4 is 45.6 Å². The molecule has 0 bridgehead atoms. The van der Waals surface area contributed by atoms with Crippen LogP contribution in [0.4, 0.5) is 11.4 Å². The number of hydrogen-bond donors (Lipinski definition) is 0. The molecule has 56 heavy (non-hydrogen) atoms. The minimum atomic E-state index is -0.229. The highest BCUT2D eigenvalue weighted by Crippen LogP contribution is 2.50. The van der Waals surface area contributed by atoms with Gasteiger partial charge in [0.25, 0.3) is 0 Å². The van der Waals surface area contributed by atoms with Gasteiger partial charge in [0.2, 0.25) is 0 Å². The standard InChI is InChI=1S/C49H46BN5O/c1-29(2)35-15-13-16-36(30(3)4)47(35)54-43-23-21-33(25-39(43)48-52-28-45-49(7,8)40-17-10-11-18-41(40)50(54)55(45)48)56-34-20-22-38-37-14-9-12-19-42(37)53(44(38)26-34)46-24-31(5)32(6)27-51-46/h9-30H,1-8H3. The number of rotatable bonds is 6. The van der Waals surface area contributed by atoms with E-state index in [2.05, 4.69) is 185 Å². The quantitative estimate of drug-likeness (QED) is 0.160. The maximum absolute atomic E-state index is 6.84. The van der Waals surface area contributed by atoms with Crippen molar-refractivity contribution in [3.8, 4) is 28.7 Å². The summed E-state index contributed by atoms with van der Waals surface area (Å²) in [6.07, 6.45) is 4.06. The van der Waals surface area contributed by atoms with E-state index in [1.54, 1.807) is 0 Å². The van der Waals surface area contributed by atoms with E-state index in [0.29, 0.717) is 11.8 Å². The van der Waals surface area contributed by atoms with Crippen molar-refractivity contribution in [1.82, 2.24) is 19.0 Å². The van der Waals surface area contributed by atoms with E-state index in [9.17, 15) is 0 Å². The van der Waals surface area contributed by atoms with Gasteiger partial charge in [-0.15, -0.1) is 0 Å². The van der Waals surface area contributed by atoms with E-state index in [4.69, 9.17) is 14.7 Å². The third-order valence-corrected chi connectivity index (χ3v) is 12.4. The SMILES string of the molecule is Cc1cnc(-n2c3ccccc3c3ccc(Oc4ccc5c(c4)-c4ncc6n4B(c4ccccc4C6(C)C)N5c4c(C(C)C)cccc4C(C)C)cc32)cc1C. The second kappa shape index (κ2) is 12.5. The molecule has 0 saturated carbocycles. The second-order valence-corrected chi connectivity index (χ2v) is 16.8. The molecule has 0 amide bonds. The maximum atomic E-state index is 6.84. The van der Waals surface area contributed by atoms with E-state index in [-0.39, 0.29) is 12.4 Å². The van der Waals surface area contributed by atoms with Gasteiger partial charge in [-0.1, -0.05) is 102 Å². The van der Waals surface area contributed by atoms with Crippen LogP contribution in [0.1, 0.15) is 86.9 Å². The third-order valence-electron chi connectivity index (χ3n) is 12.4. The number of ether oxygens (including phenoxy) is 1. The molecule has 0 N–H and O–H groups in total. The van der Waals surface area contributed by atoms with E-state index in [0.717, 1.165) is 50.8 Å². The van der Waals surface area contributed by atoms with E-state index < -0.39 is 0 Å². The summed E-state index contributed by atoms with van der Waals surface area (Å²) in [4.78, 5) is 12.7. The molecule has 0 spiro atoms. The molecule has 2 aliphatic heterocycles. The molecule has 6 nitrogen and oxygen atoms in total. The summed E-state index contributed by atoms with van der Waals surface area (Å²) in [5.74, 6) is 4.06. The van der Waals surface area contributed by atoms with Crippen molar-refractivity contribution in [2.24, 2.45) is 0 Å². The predicted octanol–water partition coefficient (Wildman–Crippen LogP) is 11.7. The molecular weight excluding hydrogens is 685 g/mol. The van der Waals surface area contributed by atoms with Gasteiger partial charge < -0.3 is 14.0 Å². The number of imidazole rings is 1. The number of aromatic nitrogens is 4. The lowest BCUT2D eigenvalue weighted by atomic mass is 9.54. The first-order valence-corrected chi connectivity index (χ1v) is 19.9. The minimum Gasteiger partial charge on any atom is -0.457 e. The number of pyridine rings is 1. The monoisotopic (exact) mass is 731 g/mol. The highest BCUT2D eigenvalue weighted by Gasteiger charge is 2.49. The van der Waals surface area contributed by atoms with Crippen LogP contribution in [0, 0.1) is 13.8 Å². The molecule has 10 rings (SSSR count). The Morgan fingerprint density at radius 2 is 1.36 bits per heavy atom. The molecule has 0 fully saturated rings. The number of aryl methyl sites for hydroxylation is 2. The number of anilines is 2. The largest absolute Gasteiger partial charge is 0.457 e. The number of fused-ring (bicyclic) bond motifs is 7. The molecule has 8 aromatic rings. The number of para-hydroxylation sites is 2. The van der Waals surface area contributed by atoms with Crippen molar-refractivity contribution in [2.75, 3.05) is 4.81 Å². The van der Waals surface area contributed by atoms with Crippen LogP contribution >= 0.6 is 0 Å². The molecule has 0 unspecified atom stereocenters. The average molecular weight is 732 g/mol. The average Bonchev–Trinajstić information content (AvgIpc) is 3.79. The molecule has 5 aromatic carbocycles. The van der Waals surface area contributed by atoms with E-state index in [1.165, 1.54) is 50.0 Å². The molecule has 0 radical (unpaired) electrons. The van der Waals surface area contributed by atoms with Crippen molar-refractivity contribution < 1.29 is 4.74 Å². The van der Waals surface area contributed by atoms with Gasteiger partial charge in [-0.2, -0.15) is 0 Å².